The van der Waals surface area contributed by atoms with E-state index in [1.54, 1.807) is 50.6 Å². The number of benzene rings is 2. The van der Waals surface area contributed by atoms with Crippen molar-refractivity contribution < 1.29 is 23.8 Å². The fraction of sp³-hybridized carbons (Fsp3) is 0.158. The van der Waals surface area contributed by atoms with E-state index in [1.807, 2.05) is 6.07 Å². The number of amides is 1. The van der Waals surface area contributed by atoms with Gasteiger partial charge >= 0.3 is 5.97 Å². The van der Waals surface area contributed by atoms with Gasteiger partial charge in [-0.15, -0.1) is 0 Å². The summed E-state index contributed by atoms with van der Waals surface area (Å²) in [5, 5.41) is 2.77. The molecule has 128 valence electrons. The molecule has 1 aliphatic heterocycles. The molecule has 0 radical (unpaired) electrons. The summed E-state index contributed by atoms with van der Waals surface area (Å²) in [6.45, 7) is 0. The average Bonchev–Trinajstić information content (AvgIpc) is 2.95. The van der Waals surface area contributed by atoms with Crippen molar-refractivity contribution in [3.8, 4) is 11.5 Å². The fourth-order valence-corrected chi connectivity index (χ4v) is 2.75. The molecule has 2 aromatic rings. The highest BCUT2D eigenvalue weighted by atomic mass is 16.5. The number of nitrogens with one attached hydrogen (secondary N) is 1. The number of anilines is 1. The minimum atomic E-state index is -0.458. The zero-order chi connectivity index (χ0) is 18.0. The van der Waals surface area contributed by atoms with Crippen LogP contribution in [-0.4, -0.2) is 33.2 Å². The molecule has 1 aliphatic rings. The van der Waals surface area contributed by atoms with E-state index in [2.05, 4.69) is 5.32 Å². The van der Waals surface area contributed by atoms with Crippen LogP contribution in [-0.2, 0) is 9.53 Å². The molecular weight excluding hydrogens is 322 g/mol. The van der Waals surface area contributed by atoms with Crippen molar-refractivity contribution in [2.24, 2.45) is 0 Å². The first kappa shape index (κ1) is 16.6. The number of fused-ring (bicyclic) bond motifs is 1. The second kappa shape index (κ2) is 6.68. The third-order valence-corrected chi connectivity index (χ3v) is 3.98. The number of carbonyl (C=O) groups is 2. The number of hydrogen-bond donors (Lipinski definition) is 1. The van der Waals surface area contributed by atoms with Gasteiger partial charge in [-0.05, 0) is 30.3 Å². The van der Waals surface area contributed by atoms with Crippen LogP contribution in [0.1, 0.15) is 21.5 Å². The molecule has 0 fully saturated rings. The highest BCUT2D eigenvalue weighted by Crippen LogP contribution is 2.37. The summed E-state index contributed by atoms with van der Waals surface area (Å²) in [6.07, 6.45) is 1.72. The van der Waals surface area contributed by atoms with Gasteiger partial charge in [0.1, 0.15) is 11.5 Å². The van der Waals surface area contributed by atoms with E-state index in [9.17, 15) is 9.59 Å². The number of methoxy groups -OCH3 is 3. The minimum Gasteiger partial charge on any atom is -0.496 e. The molecule has 0 atom stereocenters. The van der Waals surface area contributed by atoms with E-state index in [0.29, 0.717) is 39.4 Å². The maximum atomic E-state index is 12.4. The van der Waals surface area contributed by atoms with Crippen LogP contribution in [0.2, 0.25) is 0 Å². The molecule has 1 N–H and O–H groups in total. The van der Waals surface area contributed by atoms with E-state index >= 15 is 0 Å². The van der Waals surface area contributed by atoms with Crippen molar-refractivity contribution in [2.75, 3.05) is 26.6 Å². The van der Waals surface area contributed by atoms with Gasteiger partial charge in [-0.1, -0.05) is 12.1 Å². The predicted octanol–water partition coefficient (Wildman–Crippen LogP) is 2.98. The predicted molar refractivity (Wildman–Crippen MR) is 93.8 cm³/mol. The van der Waals surface area contributed by atoms with Gasteiger partial charge in [-0.2, -0.15) is 0 Å². The second-order valence-electron chi connectivity index (χ2n) is 5.34. The van der Waals surface area contributed by atoms with Gasteiger partial charge < -0.3 is 19.5 Å². The molecule has 25 heavy (non-hydrogen) atoms. The van der Waals surface area contributed by atoms with Gasteiger partial charge in [-0.25, -0.2) is 4.79 Å². The van der Waals surface area contributed by atoms with Gasteiger partial charge in [0.05, 0.1) is 32.5 Å². The topological polar surface area (TPSA) is 73.9 Å². The van der Waals surface area contributed by atoms with Crippen molar-refractivity contribution in [3.05, 3.63) is 53.1 Å². The van der Waals surface area contributed by atoms with E-state index in [-0.39, 0.29) is 5.91 Å². The van der Waals surface area contributed by atoms with Crippen molar-refractivity contribution in [1.82, 2.24) is 0 Å². The smallest absolute Gasteiger partial charge is 0.337 e. The Balaban J connectivity index is 2.11. The lowest BCUT2D eigenvalue weighted by Crippen LogP contribution is -2.04. The van der Waals surface area contributed by atoms with E-state index in [1.165, 1.54) is 7.11 Å². The molecule has 0 unspecified atom stereocenters. The van der Waals surface area contributed by atoms with Gasteiger partial charge in [0.25, 0.3) is 5.91 Å². The van der Waals surface area contributed by atoms with E-state index < -0.39 is 5.97 Å². The van der Waals surface area contributed by atoms with Crippen molar-refractivity contribution in [1.29, 1.82) is 0 Å². The Bertz CT molecular complexity index is 863. The Morgan fingerprint density at radius 3 is 2.32 bits per heavy atom. The Hall–Kier alpha value is -3.28. The molecule has 0 bridgehead atoms. The van der Waals surface area contributed by atoms with Crippen molar-refractivity contribution in [2.45, 2.75) is 0 Å². The third kappa shape index (κ3) is 2.94. The quantitative estimate of drug-likeness (QED) is 0.685. The van der Waals surface area contributed by atoms with Gasteiger partial charge in [0, 0.05) is 16.8 Å². The zero-order valence-corrected chi connectivity index (χ0v) is 14.1. The van der Waals surface area contributed by atoms with E-state index in [4.69, 9.17) is 14.2 Å². The van der Waals surface area contributed by atoms with Gasteiger partial charge in [-0.3, -0.25) is 4.79 Å². The first-order valence-corrected chi connectivity index (χ1v) is 7.55. The standard InChI is InChI=1S/C19H17NO5/c1-23-16-5-4-6-17(24-2)14(16)10-13-12-8-7-11(19(22)25-3)9-15(12)20-18(13)21/h4-10H,1-3H3,(H,20,21)/b13-10+. The summed E-state index contributed by atoms with van der Waals surface area (Å²) < 4.78 is 15.4. The molecular formula is C19H17NO5. The molecule has 0 saturated heterocycles. The maximum absolute atomic E-state index is 12.4. The Morgan fingerprint density at radius 1 is 1.04 bits per heavy atom. The van der Waals surface area contributed by atoms with Crippen LogP contribution in [0.4, 0.5) is 5.69 Å². The molecule has 0 saturated carbocycles. The lowest BCUT2D eigenvalue weighted by Gasteiger charge is -2.10. The van der Waals surface area contributed by atoms with Crippen molar-refractivity contribution >= 4 is 29.2 Å². The van der Waals surface area contributed by atoms with Gasteiger partial charge in [0.2, 0.25) is 0 Å². The molecule has 0 aromatic heterocycles. The number of rotatable bonds is 4. The third-order valence-electron chi connectivity index (χ3n) is 3.98. The lowest BCUT2D eigenvalue weighted by molar-refractivity contribution is -0.110. The molecule has 0 spiro atoms. The first-order valence-electron chi connectivity index (χ1n) is 7.55. The Kier molecular flexibility index (Phi) is 4.43. The Morgan fingerprint density at radius 2 is 1.72 bits per heavy atom. The monoisotopic (exact) mass is 339 g/mol. The molecule has 6 nitrogen and oxygen atoms in total. The normalized spacial score (nSPS) is 14.0. The van der Waals surface area contributed by atoms with Crippen LogP contribution in [0, 0.1) is 0 Å². The number of ether oxygens (including phenoxy) is 3. The molecule has 1 heterocycles. The number of esters is 1. The van der Waals surface area contributed by atoms with Crippen LogP contribution in [0.5, 0.6) is 11.5 Å². The lowest BCUT2D eigenvalue weighted by atomic mass is 10.0. The minimum absolute atomic E-state index is 0.259. The summed E-state index contributed by atoms with van der Waals surface area (Å²) in [6, 6.07) is 10.3. The molecule has 1 amide bonds. The highest BCUT2D eigenvalue weighted by Gasteiger charge is 2.26. The summed E-state index contributed by atoms with van der Waals surface area (Å²) in [7, 11) is 4.43. The molecule has 6 heteroatoms. The van der Waals surface area contributed by atoms with Crippen LogP contribution in [0.25, 0.3) is 11.6 Å². The number of hydrogen-bond acceptors (Lipinski definition) is 5. The van der Waals surface area contributed by atoms with Crippen LogP contribution in [0.3, 0.4) is 0 Å². The Labute approximate surface area is 145 Å². The second-order valence-corrected chi connectivity index (χ2v) is 5.34. The fourth-order valence-electron chi connectivity index (χ4n) is 2.75. The summed E-state index contributed by atoms with van der Waals surface area (Å²) in [5.74, 6) is 0.476. The summed E-state index contributed by atoms with van der Waals surface area (Å²) in [5.41, 5.74) is 2.77. The number of carbonyl (C=O) groups excluding carboxylic acids is 2. The highest BCUT2D eigenvalue weighted by molar-refractivity contribution is 6.35. The van der Waals surface area contributed by atoms with E-state index in [0.717, 1.165) is 0 Å². The molecule has 0 aliphatic carbocycles. The van der Waals surface area contributed by atoms with Crippen molar-refractivity contribution in [3.63, 3.8) is 0 Å². The molecule has 2 aromatic carbocycles. The van der Waals surface area contributed by atoms with Crippen LogP contribution < -0.4 is 14.8 Å². The zero-order valence-electron chi connectivity index (χ0n) is 14.1. The molecule has 3 rings (SSSR count). The van der Waals surface area contributed by atoms with Gasteiger partial charge in [0.15, 0.2) is 0 Å². The summed E-state index contributed by atoms with van der Waals surface area (Å²) in [4.78, 5) is 24.1. The average molecular weight is 339 g/mol. The first-order chi connectivity index (χ1) is 12.1. The summed E-state index contributed by atoms with van der Waals surface area (Å²) >= 11 is 0. The van der Waals surface area contributed by atoms with Crippen LogP contribution in [0.15, 0.2) is 36.4 Å². The SMILES string of the molecule is COC(=O)c1ccc2c(c1)NC(=O)/C2=C/c1c(OC)cccc1OC. The van der Waals surface area contributed by atoms with Crippen LogP contribution >= 0.6 is 0 Å². The maximum Gasteiger partial charge on any atom is 0.337 e. The largest absolute Gasteiger partial charge is 0.496 e.